The first kappa shape index (κ1) is 16.0. The van der Waals surface area contributed by atoms with Gasteiger partial charge in [-0.15, -0.1) is 12.4 Å². The Bertz CT molecular complexity index is 247. The molecule has 0 aromatic rings. The molecule has 0 bridgehead atoms. The van der Waals surface area contributed by atoms with Gasteiger partial charge in [0.2, 0.25) is 5.24 Å². The molecule has 1 unspecified atom stereocenters. The maximum Gasteiger partial charge on any atom is 0.245 e. The van der Waals surface area contributed by atoms with Crippen LogP contribution >= 0.6 is 24.0 Å². The zero-order valence-electron chi connectivity index (χ0n) is 9.75. The van der Waals surface area contributed by atoms with Crippen molar-refractivity contribution >= 4 is 29.3 Å². The van der Waals surface area contributed by atoms with Crippen molar-refractivity contribution in [1.29, 1.82) is 0 Å². The van der Waals surface area contributed by atoms with Crippen LogP contribution in [0.3, 0.4) is 0 Å². The third kappa shape index (κ3) is 5.88. The van der Waals surface area contributed by atoms with E-state index >= 15 is 0 Å². The van der Waals surface area contributed by atoms with Crippen molar-refractivity contribution < 1.29 is 4.79 Å². The largest absolute Gasteiger partial charge is 0.327 e. The summed E-state index contributed by atoms with van der Waals surface area (Å²) in [7, 11) is 0. The predicted molar refractivity (Wildman–Crippen MR) is 71.0 cm³/mol. The van der Waals surface area contributed by atoms with E-state index in [2.05, 4.69) is 0 Å². The van der Waals surface area contributed by atoms with Crippen LogP contribution in [0.1, 0.15) is 45.4 Å². The monoisotopic (exact) mass is 265 g/mol. The first-order chi connectivity index (χ1) is 7.09. The second-order valence-electron chi connectivity index (χ2n) is 4.56. The van der Waals surface area contributed by atoms with E-state index < -0.39 is 5.24 Å². The van der Waals surface area contributed by atoms with Crippen LogP contribution in [0.15, 0.2) is 11.6 Å². The van der Waals surface area contributed by atoms with Gasteiger partial charge >= 0.3 is 0 Å². The molecule has 2 nitrogen and oxygen atoms in total. The van der Waals surface area contributed by atoms with Gasteiger partial charge in [0.1, 0.15) is 0 Å². The molecule has 0 saturated heterocycles. The maximum atomic E-state index is 10.7. The van der Waals surface area contributed by atoms with Gasteiger partial charge in [0.25, 0.3) is 0 Å². The van der Waals surface area contributed by atoms with Crippen LogP contribution in [0, 0.1) is 5.92 Å². The maximum absolute atomic E-state index is 10.7. The van der Waals surface area contributed by atoms with Crippen molar-refractivity contribution in [2.75, 3.05) is 0 Å². The number of carbonyl (C=O) groups excluding carboxylic acids is 1. The minimum atomic E-state index is -0.400. The van der Waals surface area contributed by atoms with Crippen LogP contribution in [0.25, 0.3) is 0 Å². The first-order valence-corrected chi connectivity index (χ1v) is 6.09. The number of carbonyl (C=O) groups is 1. The first-order valence-electron chi connectivity index (χ1n) is 5.72. The molecule has 0 aliphatic heterocycles. The van der Waals surface area contributed by atoms with Crippen LogP contribution in [0.4, 0.5) is 0 Å². The highest BCUT2D eigenvalue weighted by molar-refractivity contribution is 6.66. The standard InChI is InChI=1S/C12H20ClNO.ClH/c1-9(8-12(13)15)7-11(14)10-5-3-2-4-6-10;/h8,10-11H,2-7,14H2,1H3;1H. The molecule has 1 fully saturated rings. The van der Waals surface area contributed by atoms with E-state index in [-0.39, 0.29) is 18.4 Å². The summed E-state index contributed by atoms with van der Waals surface area (Å²) in [5.74, 6) is 0.632. The zero-order valence-corrected chi connectivity index (χ0v) is 11.3. The molecule has 1 atom stereocenters. The lowest BCUT2D eigenvalue weighted by molar-refractivity contribution is -0.107. The van der Waals surface area contributed by atoms with Gasteiger partial charge in [-0.3, -0.25) is 4.79 Å². The lowest BCUT2D eigenvalue weighted by Gasteiger charge is -2.27. The number of hydrogen-bond donors (Lipinski definition) is 1. The average molecular weight is 266 g/mol. The molecular weight excluding hydrogens is 245 g/mol. The number of rotatable bonds is 4. The van der Waals surface area contributed by atoms with E-state index in [1.54, 1.807) is 0 Å². The summed E-state index contributed by atoms with van der Waals surface area (Å²) in [6.07, 6.45) is 8.70. The summed E-state index contributed by atoms with van der Waals surface area (Å²) < 4.78 is 0. The Hall–Kier alpha value is -0.0500. The molecule has 16 heavy (non-hydrogen) atoms. The number of nitrogens with two attached hydrogens (primary N) is 1. The normalized spacial score (nSPS) is 20.1. The molecular formula is C12H21Cl2NO. The molecule has 2 N–H and O–H groups in total. The van der Waals surface area contributed by atoms with Gasteiger partial charge in [-0.25, -0.2) is 0 Å². The van der Waals surface area contributed by atoms with E-state index in [0.717, 1.165) is 12.0 Å². The van der Waals surface area contributed by atoms with Gasteiger partial charge in [-0.2, -0.15) is 0 Å². The van der Waals surface area contributed by atoms with Gasteiger partial charge in [0.15, 0.2) is 0 Å². The highest BCUT2D eigenvalue weighted by atomic mass is 35.5. The Morgan fingerprint density at radius 2 is 2.00 bits per heavy atom. The molecule has 1 aliphatic rings. The molecule has 4 heteroatoms. The molecule has 0 aromatic heterocycles. The van der Waals surface area contributed by atoms with Crippen LogP contribution in [-0.2, 0) is 4.79 Å². The van der Waals surface area contributed by atoms with Gasteiger partial charge in [0.05, 0.1) is 0 Å². The summed E-state index contributed by atoms with van der Waals surface area (Å²) >= 11 is 5.29. The van der Waals surface area contributed by atoms with Crippen molar-refractivity contribution in [2.45, 2.75) is 51.5 Å². The summed E-state index contributed by atoms with van der Waals surface area (Å²) in [5, 5.41) is -0.400. The summed E-state index contributed by atoms with van der Waals surface area (Å²) in [4.78, 5) is 10.7. The van der Waals surface area contributed by atoms with Gasteiger partial charge in [-0.1, -0.05) is 24.8 Å². The van der Waals surface area contributed by atoms with Crippen LogP contribution in [0.5, 0.6) is 0 Å². The van der Waals surface area contributed by atoms with Crippen molar-refractivity contribution in [3.8, 4) is 0 Å². The Morgan fingerprint density at radius 1 is 1.44 bits per heavy atom. The third-order valence-corrected chi connectivity index (χ3v) is 3.28. The summed E-state index contributed by atoms with van der Waals surface area (Å²) in [6, 6.07) is 0.192. The van der Waals surface area contributed by atoms with Crippen LogP contribution in [0.2, 0.25) is 0 Å². The molecule has 1 rings (SSSR count). The van der Waals surface area contributed by atoms with E-state index in [0.29, 0.717) is 5.92 Å². The molecule has 0 heterocycles. The Morgan fingerprint density at radius 3 is 2.50 bits per heavy atom. The zero-order chi connectivity index (χ0) is 11.3. The number of hydrogen-bond acceptors (Lipinski definition) is 2. The number of halogens is 2. The van der Waals surface area contributed by atoms with Crippen molar-refractivity contribution in [3.63, 3.8) is 0 Å². The van der Waals surface area contributed by atoms with Crippen molar-refractivity contribution in [3.05, 3.63) is 11.6 Å². The quantitative estimate of drug-likeness (QED) is 0.625. The fraction of sp³-hybridized carbons (Fsp3) is 0.750. The second kappa shape index (κ2) is 8.10. The van der Waals surface area contributed by atoms with E-state index in [1.165, 1.54) is 38.2 Å². The minimum Gasteiger partial charge on any atom is -0.327 e. The second-order valence-corrected chi connectivity index (χ2v) is 4.93. The lowest BCUT2D eigenvalue weighted by atomic mass is 9.82. The predicted octanol–water partition coefficient (Wildman–Crippen LogP) is 3.42. The molecule has 0 aromatic carbocycles. The smallest absolute Gasteiger partial charge is 0.245 e. The fourth-order valence-corrected chi connectivity index (χ4v) is 2.54. The minimum absolute atomic E-state index is 0. The van der Waals surface area contributed by atoms with Crippen molar-refractivity contribution in [2.24, 2.45) is 11.7 Å². The summed E-state index contributed by atoms with van der Waals surface area (Å²) in [5.41, 5.74) is 7.12. The molecule has 0 amide bonds. The topological polar surface area (TPSA) is 43.1 Å². The Kier molecular flexibility index (Phi) is 8.08. The Balaban J connectivity index is 0.00000225. The Labute approximate surface area is 109 Å². The molecule has 1 saturated carbocycles. The van der Waals surface area contributed by atoms with Gasteiger partial charge in [-0.05, 0) is 49.8 Å². The fourth-order valence-electron chi connectivity index (χ4n) is 2.35. The molecule has 1 aliphatic carbocycles. The third-order valence-electron chi connectivity index (χ3n) is 3.17. The lowest BCUT2D eigenvalue weighted by Crippen LogP contribution is -2.31. The van der Waals surface area contributed by atoms with Crippen LogP contribution in [-0.4, -0.2) is 11.3 Å². The van der Waals surface area contributed by atoms with E-state index in [4.69, 9.17) is 17.3 Å². The SMILES string of the molecule is CC(=CC(=O)Cl)CC(N)C1CCCCC1.Cl. The van der Waals surface area contributed by atoms with E-state index in [1.807, 2.05) is 6.92 Å². The number of allylic oxidation sites excluding steroid dienone is 1. The van der Waals surface area contributed by atoms with Crippen molar-refractivity contribution in [1.82, 2.24) is 0 Å². The molecule has 0 radical (unpaired) electrons. The molecule has 0 spiro atoms. The highest BCUT2D eigenvalue weighted by Crippen LogP contribution is 2.27. The highest BCUT2D eigenvalue weighted by Gasteiger charge is 2.20. The summed E-state index contributed by atoms with van der Waals surface area (Å²) in [6.45, 7) is 1.92. The molecule has 94 valence electrons. The van der Waals surface area contributed by atoms with Crippen LogP contribution < -0.4 is 5.73 Å². The van der Waals surface area contributed by atoms with E-state index in [9.17, 15) is 4.79 Å². The average Bonchev–Trinajstić information content (AvgIpc) is 2.17. The van der Waals surface area contributed by atoms with Gasteiger partial charge < -0.3 is 5.73 Å². The van der Waals surface area contributed by atoms with Gasteiger partial charge in [0, 0.05) is 6.04 Å².